The topological polar surface area (TPSA) is 47.6 Å². The third-order valence-corrected chi connectivity index (χ3v) is 4.20. The van der Waals surface area contributed by atoms with Crippen molar-refractivity contribution in [2.75, 3.05) is 13.7 Å². The maximum absolute atomic E-state index is 12.4. The SMILES string of the molecule is COC(C)(CNC(=O)c1ccc(OC(C)C)cc1)c1cccc(Cl)c1. The predicted molar refractivity (Wildman–Crippen MR) is 100 cm³/mol. The molecule has 2 aromatic carbocycles. The normalized spacial score (nSPS) is 13.4. The molecular formula is C20H24ClNO3. The Bertz CT molecular complexity index is 715. The van der Waals surface area contributed by atoms with Crippen LogP contribution in [0.1, 0.15) is 36.7 Å². The van der Waals surface area contributed by atoms with Gasteiger partial charge in [0.2, 0.25) is 0 Å². The van der Waals surface area contributed by atoms with Crippen LogP contribution in [-0.4, -0.2) is 25.7 Å². The molecule has 134 valence electrons. The molecule has 2 aromatic rings. The molecule has 1 amide bonds. The fourth-order valence-electron chi connectivity index (χ4n) is 2.42. The summed E-state index contributed by atoms with van der Waals surface area (Å²) < 4.78 is 11.2. The largest absolute Gasteiger partial charge is 0.491 e. The van der Waals surface area contributed by atoms with E-state index < -0.39 is 5.60 Å². The van der Waals surface area contributed by atoms with Crippen molar-refractivity contribution in [2.45, 2.75) is 32.5 Å². The number of hydrogen-bond acceptors (Lipinski definition) is 3. The smallest absolute Gasteiger partial charge is 0.251 e. The van der Waals surface area contributed by atoms with Gasteiger partial charge in [-0.25, -0.2) is 0 Å². The second kappa shape index (κ2) is 8.37. The van der Waals surface area contributed by atoms with Crippen LogP contribution in [0.15, 0.2) is 48.5 Å². The Balaban J connectivity index is 2.04. The molecule has 1 unspecified atom stereocenters. The number of methoxy groups -OCH3 is 1. The van der Waals surface area contributed by atoms with Crippen molar-refractivity contribution in [2.24, 2.45) is 0 Å². The lowest BCUT2D eigenvalue weighted by Crippen LogP contribution is -2.40. The average molecular weight is 362 g/mol. The first-order valence-corrected chi connectivity index (χ1v) is 8.58. The Morgan fingerprint density at radius 2 is 1.88 bits per heavy atom. The van der Waals surface area contributed by atoms with Crippen LogP contribution in [0.5, 0.6) is 5.75 Å². The van der Waals surface area contributed by atoms with E-state index >= 15 is 0 Å². The maximum atomic E-state index is 12.4. The van der Waals surface area contributed by atoms with Crippen LogP contribution in [0, 0.1) is 0 Å². The van der Waals surface area contributed by atoms with Gasteiger partial charge < -0.3 is 14.8 Å². The van der Waals surface area contributed by atoms with E-state index in [0.717, 1.165) is 11.3 Å². The molecule has 0 aliphatic rings. The van der Waals surface area contributed by atoms with Crippen molar-refractivity contribution in [1.82, 2.24) is 5.32 Å². The molecule has 5 heteroatoms. The minimum atomic E-state index is -0.665. The van der Waals surface area contributed by atoms with Crippen molar-refractivity contribution >= 4 is 17.5 Å². The van der Waals surface area contributed by atoms with Gasteiger partial charge in [0.1, 0.15) is 11.4 Å². The first-order valence-electron chi connectivity index (χ1n) is 8.20. The maximum Gasteiger partial charge on any atom is 0.251 e. The Kier molecular flexibility index (Phi) is 6.45. The average Bonchev–Trinajstić information content (AvgIpc) is 2.59. The molecule has 0 saturated heterocycles. The first kappa shape index (κ1) is 19.3. The lowest BCUT2D eigenvalue weighted by atomic mass is 9.95. The fourth-order valence-corrected chi connectivity index (χ4v) is 2.61. The summed E-state index contributed by atoms with van der Waals surface area (Å²) in [6, 6.07) is 14.5. The molecule has 0 aliphatic heterocycles. The second-order valence-corrected chi connectivity index (χ2v) is 6.76. The van der Waals surface area contributed by atoms with E-state index in [0.29, 0.717) is 17.1 Å². The molecule has 4 nitrogen and oxygen atoms in total. The first-order chi connectivity index (χ1) is 11.8. The third-order valence-electron chi connectivity index (χ3n) is 3.96. The number of nitrogens with one attached hydrogen (secondary N) is 1. The molecule has 2 rings (SSSR count). The van der Waals surface area contributed by atoms with E-state index in [-0.39, 0.29) is 12.0 Å². The highest BCUT2D eigenvalue weighted by Crippen LogP contribution is 2.26. The van der Waals surface area contributed by atoms with Crippen molar-refractivity contribution in [3.8, 4) is 5.75 Å². The minimum absolute atomic E-state index is 0.0970. The van der Waals surface area contributed by atoms with E-state index in [1.165, 1.54) is 0 Å². The molecule has 0 spiro atoms. The molecule has 0 aromatic heterocycles. The number of carbonyl (C=O) groups is 1. The quantitative estimate of drug-likeness (QED) is 0.794. The van der Waals surface area contributed by atoms with Crippen molar-refractivity contribution in [3.05, 3.63) is 64.7 Å². The Hall–Kier alpha value is -2.04. The van der Waals surface area contributed by atoms with Crippen LogP contribution < -0.4 is 10.1 Å². The molecule has 0 radical (unpaired) electrons. The molecule has 0 aliphatic carbocycles. The summed E-state index contributed by atoms with van der Waals surface area (Å²) in [6.45, 7) is 6.16. The number of amides is 1. The molecule has 1 N–H and O–H groups in total. The minimum Gasteiger partial charge on any atom is -0.491 e. The van der Waals surface area contributed by atoms with Gasteiger partial charge in [-0.2, -0.15) is 0 Å². The summed E-state index contributed by atoms with van der Waals surface area (Å²) in [6.07, 6.45) is 0.0970. The van der Waals surface area contributed by atoms with Crippen molar-refractivity contribution < 1.29 is 14.3 Å². The zero-order valence-electron chi connectivity index (χ0n) is 15.0. The fraction of sp³-hybridized carbons (Fsp3) is 0.350. The number of ether oxygens (including phenoxy) is 2. The number of rotatable bonds is 7. The number of benzene rings is 2. The van der Waals surface area contributed by atoms with Crippen LogP contribution in [-0.2, 0) is 10.3 Å². The molecule has 0 bridgehead atoms. The van der Waals surface area contributed by atoms with Crippen LogP contribution in [0.3, 0.4) is 0 Å². The lowest BCUT2D eigenvalue weighted by Gasteiger charge is -2.29. The summed E-state index contributed by atoms with van der Waals surface area (Å²) in [7, 11) is 1.62. The van der Waals surface area contributed by atoms with E-state index in [2.05, 4.69) is 5.32 Å². The van der Waals surface area contributed by atoms with Gasteiger partial charge in [0.25, 0.3) is 5.91 Å². The molecule has 1 atom stereocenters. The van der Waals surface area contributed by atoms with Gasteiger partial charge in [0.05, 0.1) is 12.6 Å². The number of hydrogen-bond donors (Lipinski definition) is 1. The number of halogens is 1. The highest BCUT2D eigenvalue weighted by Gasteiger charge is 2.27. The summed E-state index contributed by atoms with van der Waals surface area (Å²) in [5.74, 6) is 0.577. The van der Waals surface area contributed by atoms with Gasteiger partial charge in [-0.05, 0) is 62.7 Å². The summed E-state index contributed by atoms with van der Waals surface area (Å²) in [4.78, 5) is 12.4. The summed E-state index contributed by atoms with van der Waals surface area (Å²) >= 11 is 6.06. The van der Waals surface area contributed by atoms with Gasteiger partial charge in [0, 0.05) is 17.7 Å². The zero-order valence-corrected chi connectivity index (χ0v) is 15.8. The Morgan fingerprint density at radius 3 is 2.44 bits per heavy atom. The molecular weight excluding hydrogens is 338 g/mol. The molecule has 0 saturated carbocycles. The van der Waals surface area contributed by atoms with Crippen molar-refractivity contribution in [3.63, 3.8) is 0 Å². The van der Waals surface area contributed by atoms with E-state index in [4.69, 9.17) is 21.1 Å². The second-order valence-electron chi connectivity index (χ2n) is 6.32. The Labute approximate surface area is 154 Å². The van der Waals surface area contributed by atoms with Crippen LogP contribution >= 0.6 is 11.6 Å². The van der Waals surface area contributed by atoms with Gasteiger partial charge in [0.15, 0.2) is 0 Å². The third kappa shape index (κ3) is 5.21. The van der Waals surface area contributed by atoms with Crippen LogP contribution in [0.4, 0.5) is 0 Å². The van der Waals surface area contributed by atoms with Gasteiger partial charge in [-0.3, -0.25) is 4.79 Å². The van der Waals surface area contributed by atoms with Crippen LogP contribution in [0.2, 0.25) is 5.02 Å². The van der Waals surface area contributed by atoms with Gasteiger partial charge in [-0.1, -0.05) is 23.7 Å². The van der Waals surface area contributed by atoms with E-state index in [1.807, 2.05) is 39.0 Å². The van der Waals surface area contributed by atoms with Crippen molar-refractivity contribution in [1.29, 1.82) is 0 Å². The zero-order chi connectivity index (χ0) is 18.4. The summed E-state index contributed by atoms with van der Waals surface area (Å²) in [5, 5.41) is 3.55. The number of carbonyl (C=O) groups excluding carboxylic acids is 1. The predicted octanol–water partition coefficient (Wildman–Crippen LogP) is 4.42. The summed E-state index contributed by atoms with van der Waals surface area (Å²) in [5.41, 5.74) is 0.811. The van der Waals surface area contributed by atoms with Gasteiger partial charge >= 0.3 is 0 Å². The monoisotopic (exact) mass is 361 g/mol. The lowest BCUT2D eigenvalue weighted by molar-refractivity contribution is 0.00315. The molecule has 0 heterocycles. The molecule has 25 heavy (non-hydrogen) atoms. The Morgan fingerprint density at radius 1 is 1.20 bits per heavy atom. The highest BCUT2D eigenvalue weighted by atomic mass is 35.5. The highest BCUT2D eigenvalue weighted by molar-refractivity contribution is 6.30. The molecule has 0 fully saturated rings. The van der Waals surface area contributed by atoms with Gasteiger partial charge in [-0.15, -0.1) is 0 Å². The van der Waals surface area contributed by atoms with E-state index in [9.17, 15) is 4.79 Å². The standard InChI is InChI=1S/C20H24ClNO3/c1-14(2)25-18-10-8-15(9-11-18)19(23)22-13-20(3,24-4)16-6-5-7-17(21)12-16/h5-12,14H,13H2,1-4H3,(H,22,23). The van der Waals surface area contributed by atoms with Crippen LogP contribution in [0.25, 0.3) is 0 Å². The van der Waals surface area contributed by atoms with E-state index in [1.54, 1.807) is 37.4 Å².